The molecule has 1 aliphatic heterocycles. The van der Waals surface area contributed by atoms with Crippen LogP contribution in [0.2, 0.25) is 0 Å². The molecule has 0 radical (unpaired) electrons. The van der Waals surface area contributed by atoms with Crippen molar-refractivity contribution in [3.8, 4) is 0 Å². The Labute approximate surface area is 78.5 Å². The highest BCUT2D eigenvalue weighted by Crippen LogP contribution is 2.27. The van der Waals surface area contributed by atoms with E-state index in [9.17, 15) is 5.11 Å². The smallest absolute Gasteiger partial charge is 0.106 e. The number of aliphatic hydroxyl groups is 2. The molecule has 1 fully saturated rings. The van der Waals surface area contributed by atoms with Gasteiger partial charge in [0.05, 0.1) is 24.9 Å². The average molecular weight is 190 g/mol. The van der Waals surface area contributed by atoms with E-state index in [2.05, 4.69) is 0 Å². The highest BCUT2D eigenvalue weighted by atomic mass is 16.5. The number of rotatable bonds is 2. The Morgan fingerprint density at radius 3 is 2.46 bits per heavy atom. The topological polar surface area (TPSA) is 58.9 Å². The Kier molecular flexibility index (Phi) is 3.67. The first-order valence-corrected chi connectivity index (χ1v) is 4.59. The van der Waals surface area contributed by atoms with Gasteiger partial charge in [0, 0.05) is 13.0 Å². The van der Waals surface area contributed by atoms with Crippen LogP contribution in [0.25, 0.3) is 0 Å². The molecule has 4 heteroatoms. The second-order valence-corrected chi connectivity index (χ2v) is 3.61. The lowest BCUT2D eigenvalue weighted by atomic mass is 9.88. The Bertz CT molecular complexity index is 162. The fraction of sp³-hybridized carbons (Fsp3) is 1.00. The molecule has 0 aromatic carbocycles. The number of hydrogen-bond donors (Lipinski definition) is 2. The summed E-state index contributed by atoms with van der Waals surface area (Å²) in [5.74, 6) is 0.0150. The normalized spacial score (nSPS) is 46.4. The van der Waals surface area contributed by atoms with E-state index in [1.807, 2.05) is 6.92 Å². The molecule has 2 unspecified atom stereocenters. The summed E-state index contributed by atoms with van der Waals surface area (Å²) < 4.78 is 10.6. The number of methoxy groups -OCH3 is 1. The summed E-state index contributed by atoms with van der Waals surface area (Å²) in [6.07, 6.45) is -1.37. The fourth-order valence-corrected chi connectivity index (χ4v) is 1.83. The van der Waals surface area contributed by atoms with Crippen molar-refractivity contribution >= 4 is 0 Å². The van der Waals surface area contributed by atoms with Gasteiger partial charge >= 0.3 is 0 Å². The van der Waals surface area contributed by atoms with Crippen molar-refractivity contribution in [2.75, 3.05) is 13.7 Å². The Hall–Kier alpha value is -0.160. The minimum Gasteiger partial charge on any atom is -0.394 e. The number of ether oxygens (including phenoxy) is 2. The molecule has 4 nitrogen and oxygen atoms in total. The first kappa shape index (κ1) is 10.9. The van der Waals surface area contributed by atoms with Crippen LogP contribution >= 0.6 is 0 Å². The summed E-state index contributed by atoms with van der Waals surface area (Å²) in [6, 6.07) is 0. The van der Waals surface area contributed by atoms with Gasteiger partial charge in [-0.1, -0.05) is 6.92 Å². The SMILES string of the molecule is CO[C@H]1C(O)[C@@H](C)OC(CO)[C@H]1C. The van der Waals surface area contributed by atoms with Gasteiger partial charge in [0.25, 0.3) is 0 Å². The summed E-state index contributed by atoms with van der Waals surface area (Å²) in [4.78, 5) is 0. The molecule has 1 heterocycles. The average Bonchev–Trinajstić information content (AvgIpc) is 2.12. The second-order valence-electron chi connectivity index (χ2n) is 3.61. The molecular formula is C9H18O4. The number of aliphatic hydroxyl groups excluding tert-OH is 2. The van der Waals surface area contributed by atoms with E-state index in [1.54, 1.807) is 14.0 Å². The molecular weight excluding hydrogens is 172 g/mol. The standard InChI is InChI=1S/C9H18O4/c1-5-7(4-10)13-6(2)8(11)9(5)12-3/h5-11H,4H2,1-3H3/t5-,6-,7?,8?,9-/m1/s1. The molecule has 1 rings (SSSR count). The van der Waals surface area contributed by atoms with Gasteiger partial charge in [-0.2, -0.15) is 0 Å². The van der Waals surface area contributed by atoms with Gasteiger partial charge in [-0.05, 0) is 6.92 Å². The molecule has 0 amide bonds. The van der Waals surface area contributed by atoms with E-state index in [4.69, 9.17) is 14.6 Å². The van der Waals surface area contributed by atoms with Crippen molar-refractivity contribution in [1.82, 2.24) is 0 Å². The Morgan fingerprint density at radius 1 is 1.38 bits per heavy atom. The zero-order valence-electron chi connectivity index (χ0n) is 8.30. The van der Waals surface area contributed by atoms with Gasteiger partial charge < -0.3 is 19.7 Å². The third kappa shape index (κ3) is 2.02. The third-order valence-electron chi connectivity index (χ3n) is 2.76. The zero-order valence-corrected chi connectivity index (χ0v) is 8.30. The van der Waals surface area contributed by atoms with E-state index < -0.39 is 6.10 Å². The predicted octanol–water partition coefficient (Wildman–Crippen LogP) is -0.222. The molecule has 0 aliphatic carbocycles. The first-order chi connectivity index (χ1) is 6.11. The monoisotopic (exact) mass is 190 g/mol. The quantitative estimate of drug-likeness (QED) is 0.632. The van der Waals surface area contributed by atoms with Crippen molar-refractivity contribution < 1.29 is 19.7 Å². The molecule has 1 aliphatic rings. The molecule has 1 saturated heterocycles. The molecule has 0 saturated carbocycles. The maximum Gasteiger partial charge on any atom is 0.106 e. The van der Waals surface area contributed by atoms with Gasteiger partial charge in [-0.25, -0.2) is 0 Å². The van der Waals surface area contributed by atoms with Crippen LogP contribution in [0.15, 0.2) is 0 Å². The van der Waals surface area contributed by atoms with Gasteiger partial charge in [0.2, 0.25) is 0 Å². The summed E-state index contributed by atoms with van der Waals surface area (Å²) in [7, 11) is 1.57. The van der Waals surface area contributed by atoms with Crippen LogP contribution in [0.5, 0.6) is 0 Å². The highest BCUT2D eigenvalue weighted by molar-refractivity contribution is 4.88. The summed E-state index contributed by atoms with van der Waals surface area (Å²) in [5.41, 5.74) is 0. The van der Waals surface area contributed by atoms with Crippen molar-refractivity contribution in [3.63, 3.8) is 0 Å². The van der Waals surface area contributed by atoms with E-state index in [-0.39, 0.29) is 30.8 Å². The first-order valence-electron chi connectivity index (χ1n) is 4.59. The second kappa shape index (κ2) is 4.37. The molecule has 0 aromatic rings. The van der Waals surface area contributed by atoms with Crippen LogP contribution in [0, 0.1) is 5.92 Å². The van der Waals surface area contributed by atoms with Crippen molar-refractivity contribution in [2.24, 2.45) is 5.92 Å². The fourth-order valence-electron chi connectivity index (χ4n) is 1.83. The minimum absolute atomic E-state index is 0.0150. The van der Waals surface area contributed by atoms with E-state index in [1.165, 1.54) is 0 Å². The Balaban J connectivity index is 2.69. The number of hydrogen-bond acceptors (Lipinski definition) is 4. The van der Waals surface area contributed by atoms with Crippen molar-refractivity contribution in [3.05, 3.63) is 0 Å². The third-order valence-corrected chi connectivity index (χ3v) is 2.76. The van der Waals surface area contributed by atoms with Crippen LogP contribution < -0.4 is 0 Å². The predicted molar refractivity (Wildman–Crippen MR) is 47.4 cm³/mol. The lowest BCUT2D eigenvalue weighted by Crippen LogP contribution is -2.54. The molecule has 5 atom stereocenters. The van der Waals surface area contributed by atoms with E-state index in [0.29, 0.717) is 0 Å². The molecule has 0 spiro atoms. The lowest BCUT2D eigenvalue weighted by molar-refractivity contribution is -0.205. The summed E-state index contributed by atoms with van der Waals surface area (Å²) in [5, 5.41) is 18.7. The molecule has 2 N–H and O–H groups in total. The summed E-state index contributed by atoms with van der Waals surface area (Å²) >= 11 is 0. The van der Waals surface area contributed by atoms with Crippen molar-refractivity contribution in [1.29, 1.82) is 0 Å². The Morgan fingerprint density at radius 2 is 2.00 bits per heavy atom. The summed E-state index contributed by atoms with van der Waals surface area (Å²) in [6.45, 7) is 3.66. The van der Waals surface area contributed by atoms with Gasteiger partial charge in [-0.15, -0.1) is 0 Å². The molecule has 0 aromatic heterocycles. The van der Waals surface area contributed by atoms with Gasteiger partial charge in [0.15, 0.2) is 0 Å². The van der Waals surface area contributed by atoms with Gasteiger partial charge in [0.1, 0.15) is 6.10 Å². The van der Waals surface area contributed by atoms with E-state index >= 15 is 0 Å². The maximum absolute atomic E-state index is 9.69. The molecule has 78 valence electrons. The minimum atomic E-state index is -0.609. The highest BCUT2D eigenvalue weighted by Gasteiger charge is 2.40. The molecule has 0 bridgehead atoms. The maximum atomic E-state index is 9.69. The van der Waals surface area contributed by atoms with Gasteiger partial charge in [-0.3, -0.25) is 0 Å². The zero-order chi connectivity index (χ0) is 10.0. The van der Waals surface area contributed by atoms with Crippen molar-refractivity contribution in [2.45, 2.75) is 38.3 Å². The van der Waals surface area contributed by atoms with Crippen LogP contribution in [0.4, 0.5) is 0 Å². The van der Waals surface area contributed by atoms with Crippen LogP contribution in [-0.4, -0.2) is 48.3 Å². The van der Waals surface area contributed by atoms with E-state index in [0.717, 1.165) is 0 Å². The largest absolute Gasteiger partial charge is 0.394 e. The lowest BCUT2D eigenvalue weighted by Gasteiger charge is -2.41. The van der Waals surface area contributed by atoms with Crippen LogP contribution in [0.3, 0.4) is 0 Å². The van der Waals surface area contributed by atoms with Crippen LogP contribution in [0.1, 0.15) is 13.8 Å². The molecule has 13 heavy (non-hydrogen) atoms. The van der Waals surface area contributed by atoms with Crippen LogP contribution in [-0.2, 0) is 9.47 Å².